The fraction of sp³-hybridized carbons (Fsp3) is 0.826. The molecule has 0 aromatic heterocycles. The molecule has 0 aliphatic heterocycles. The van der Waals surface area contributed by atoms with Crippen molar-refractivity contribution in [2.45, 2.75) is 85.2 Å². The molecule has 0 saturated heterocycles. The van der Waals surface area contributed by atoms with E-state index in [9.17, 15) is 9.59 Å². The number of rotatable bonds is 2. The summed E-state index contributed by atoms with van der Waals surface area (Å²) in [7, 11) is 0. The van der Waals surface area contributed by atoms with Crippen molar-refractivity contribution in [2.75, 3.05) is 0 Å². The molecule has 0 aromatic carbocycles. The van der Waals surface area contributed by atoms with Crippen LogP contribution in [0.25, 0.3) is 0 Å². The van der Waals surface area contributed by atoms with Gasteiger partial charge in [0.15, 0.2) is 0 Å². The van der Waals surface area contributed by atoms with Crippen molar-refractivity contribution in [1.29, 1.82) is 0 Å². The summed E-state index contributed by atoms with van der Waals surface area (Å²) in [5.74, 6) is 3.35. The molecule has 4 aliphatic rings. The van der Waals surface area contributed by atoms with Crippen LogP contribution in [0.5, 0.6) is 0 Å². The van der Waals surface area contributed by atoms with Gasteiger partial charge >= 0.3 is 11.9 Å². The number of fused-ring (bicyclic) bond motifs is 5. The zero-order chi connectivity index (χ0) is 19.4. The van der Waals surface area contributed by atoms with Crippen molar-refractivity contribution >= 4 is 11.9 Å². The second-order valence-corrected chi connectivity index (χ2v) is 10.0. The van der Waals surface area contributed by atoms with Crippen molar-refractivity contribution in [1.82, 2.24) is 0 Å². The average molecular weight is 375 g/mol. The first-order chi connectivity index (χ1) is 12.7. The van der Waals surface area contributed by atoms with E-state index in [1.807, 2.05) is 0 Å². The Balaban J connectivity index is 1.51. The van der Waals surface area contributed by atoms with Crippen LogP contribution in [0.3, 0.4) is 0 Å². The molecule has 0 unspecified atom stereocenters. The van der Waals surface area contributed by atoms with Crippen molar-refractivity contribution in [3.63, 3.8) is 0 Å². The van der Waals surface area contributed by atoms with Crippen LogP contribution in [0, 0.1) is 34.5 Å². The third kappa shape index (κ3) is 3.03. The zero-order valence-electron chi connectivity index (χ0n) is 17.3. The molecule has 0 heterocycles. The van der Waals surface area contributed by atoms with E-state index in [-0.39, 0.29) is 23.5 Å². The van der Waals surface area contributed by atoms with E-state index >= 15 is 0 Å². The third-order valence-electron chi connectivity index (χ3n) is 8.71. The number of allylic oxidation sites excluding steroid dienone is 2. The lowest BCUT2D eigenvalue weighted by molar-refractivity contribution is -0.159. The van der Waals surface area contributed by atoms with Gasteiger partial charge in [-0.2, -0.15) is 0 Å². The molecule has 0 spiro atoms. The summed E-state index contributed by atoms with van der Waals surface area (Å²) >= 11 is 0. The molecule has 4 rings (SSSR count). The number of hydrogen-bond acceptors (Lipinski definition) is 4. The van der Waals surface area contributed by atoms with E-state index < -0.39 is 0 Å². The molecule has 0 amide bonds. The lowest BCUT2D eigenvalue weighted by Gasteiger charge is -2.60. The molecule has 4 heteroatoms. The Hall–Kier alpha value is -1.32. The molecule has 3 saturated carbocycles. The summed E-state index contributed by atoms with van der Waals surface area (Å²) in [5.41, 5.74) is 0.399. The van der Waals surface area contributed by atoms with Gasteiger partial charge in [0.1, 0.15) is 11.9 Å². The van der Waals surface area contributed by atoms with Gasteiger partial charge < -0.3 is 9.47 Å². The molecule has 27 heavy (non-hydrogen) atoms. The maximum atomic E-state index is 11.5. The molecular formula is C23H34O4. The van der Waals surface area contributed by atoms with Crippen LogP contribution >= 0.6 is 0 Å². The van der Waals surface area contributed by atoms with E-state index in [4.69, 9.17) is 9.47 Å². The Labute approximate surface area is 163 Å². The minimum atomic E-state index is -0.190. The fourth-order valence-corrected chi connectivity index (χ4v) is 7.40. The minimum Gasteiger partial charge on any atom is -0.463 e. The SMILES string of the molecule is CC(=O)OC1=CC[C@@H]2[C@H]3CC[C@H]4C[C@@H](OC(C)=O)CC[C@]4(C)[C@@H]3CC[C@]12C. The van der Waals surface area contributed by atoms with Crippen LogP contribution in [-0.2, 0) is 19.1 Å². The van der Waals surface area contributed by atoms with Crippen molar-refractivity contribution in [2.24, 2.45) is 34.5 Å². The highest BCUT2D eigenvalue weighted by atomic mass is 16.5. The highest BCUT2D eigenvalue weighted by Crippen LogP contribution is 2.66. The number of carbonyl (C=O) groups is 2. The monoisotopic (exact) mass is 374 g/mol. The molecule has 0 bridgehead atoms. The first kappa shape index (κ1) is 19.0. The van der Waals surface area contributed by atoms with Crippen molar-refractivity contribution < 1.29 is 19.1 Å². The van der Waals surface area contributed by atoms with E-state index in [0.29, 0.717) is 17.3 Å². The molecule has 0 aromatic rings. The molecule has 150 valence electrons. The maximum Gasteiger partial charge on any atom is 0.307 e. The molecule has 4 nitrogen and oxygen atoms in total. The van der Waals surface area contributed by atoms with Crippen LogP contribution in [0.4, 0.5) is 0 Å². The lowest BCUT2D eigenvalue weighted by atomic mass is 9.45. The number of carbonyl (C=O) groups excluding carboxylic acids is 2. The first-order valence-corrected chi connectivity index (χ1v) is 10.8. The Morgan fingerprint density at radius 3 is 2.48 bits per heavy atom. The van der Waals surface area contributed by atoms with Crippen molar-refractivity contribution in [3.05, 3.63) is 11.8 Å². The van der Waals surface area contributed by atoms with E-state index in [1.54, 1.807) is 0 Å². The maximum absolute atomic E-state index is 11.5. The Bertz CT molecular complexity index is 667. The molecule has 0 N–H and O–H groups in total. The lowest BCUT2D eigenvalue weighted by Crippen LogP contribution is -2.54. The predicted octanol–water partition coefficient (Wildman–Crippen LogP) is 5.02. The van der Waals surface area contributed by atoms with Gasteiger partial charge in [0, 0.05) is 19.3 Å². The van der Waals surface area contributed by atoms with Crippen LogP contribution < -0.4 is 0 Å². The van der Waals surface area contributed by atoms with E-state index in [2.05, 4.69) is 19.9 Å². The van der Waals surface area contributed by atoms with Gasteiger partial charge in [-0.3, -0.25) is 9.59 Å². The molecule has 3 fully saturated rings. The van der Waals surface area contributed by atoms with Gasteiger partial charge in [-0.05, 0) is 86.5 Å². The highest BCUT2D eigenvalue weighted by molar-refractivity contribution is 5.67. The zero-order valence-corrected chi connectivity index (χ0v) is 17.3. The second-order valence-electron chi connectivity index (χ2n) is 10.0. The standard InChI is InChI=1S/C23H34O4/c1-14(24)26-17-9-11-22(3)16(13-17)5-6-18-19-7-8-21(27-15(2)25)23(19,4)12-10-20(18)22/h8,16-20H,5-7,9-13H2,1-4H3/t16-,17-,18+,19+,20+,22-,23-/m0/s1. The number of esters is 2. The fourth-order valence-electron chi connectivity index (χ4n) is 7.40. The summed E-state index contributed by atoms with van der Waals surface area (Å²) < 4.78 is 11.2. The minimum absolute atomic E-state index is 0.0327. The van der Waals surface area contributed by atoms with Crippen LogP contribution in [-0.4, -0.2) is 18.0 Å². The van der Waals surface area contributed by atoms with E-state index in [0.717, 1.165) is 43.3 Å². The van der Waals surface area contributed by atoms with Gasteiger partial charge in [-0.15, -0.1) is 0 Å². The first-order valence-electron chi connectivity index (χ1n) is 10.8. The molecule has 0 radical (unpaired) electrons. The summed E-state index contributed by atoms with van der Waals surface area (Å²) in [5, 5.41) is 0. The topological polar surface area (TPSA) is 52.6 Å². The van der Waals surface area contributed by atoms with Crippen molar-refractivity contribution in [3.8, 4) is 0 Å². The number of ether oxygens (including phenoxy) is 2. The normalized spacial score (nSPS) is 45.8. The predicted molar refractivity (Wildman–Crippen MR) is 103 cm³/mol. The summed E-state index contributed by atoms with van der Waals surface area (Å²) in [4.78, 5) is 22.9. The molecule has 4 aliphatic carbocycles. The number of hydrogen-bond donors (Lipinski definition) is 0. The average Bonchev–Trinajstić information content (AvgIpc) is 2.91. The quantitative estimate of drug-likeness (QED) is 0.637. The van der Waals surface area contributed by atoms with E-state index in [1.165, 1.54) is 39.5 Å². The van der Waals surface area contributed by atoms with Gasteiger partial charge in [0.2, 0.25) is 0 Å². The molecular weight excluding hydrogens is 340 g/mol. The van der Waals surface area contributed by atoms with Gasteiger partial charge in [0.05, 0.1) is 0 Å². The third-order valence-corrected chi connectivity index (χ3v) is 8.71. The smallest absolute Gasteiger partial charge is 0.307 e. The van der Waals surface area contributed by atoms with Gasteiger partial charge in [-0.1, -0.05) is 13.8 Å². The van der Waals surface area contributed by atoms with Crippen LogP contribution in [0.1, 0.15) is 79.1 Å². The summed E-state index contributed by atoms with van der Waals surface area (Å²) in [6.45, 7) is 7.87. The second kappa shape index (κ2) is 6.63. The Kier molecular flexibility index (Phi) is 4.67. The summed E-state index contributed by atoms with van der Waals surface area (Å²) in [6.07, 6.45) is 11.4. The van der Waals surface area contributed by atoms with Gasteiger partial charge in [-0.25, -0.2) is 0 Å². The summed E-state index contributed by atoms with van der Waals surface area (Å²) in [6, 6.07) is 0. The highest BCUT2D eigenvalue weighted by Gasteiger charge is 2.59. The van der Waals surface area contributed by atoms with Crippen LogP contribution in [0.2, 0.25) is 0 Å². The Morgan fingerprint density at radius 2 is 1.78 bits per heavy atom. The van der Waals surface area contributed by atoms with Crippen LogP contribution in [0.15, 0.2) is 11.8 Å². The Morgan fingerprint density at radius 1 is 1.00 bits per heavy atom. The van der Waals surface area contributed by atoms with Gasteiger partial charge in [0.25, 0.3) is 0 Å². The largest absolute Gasteiger partial charge is 0.463 e. The molecule has 7 atom stereocenters.